The summed E-state index contributed by atoms with van der Waals surface area (Å²) in [6.45, 7) is 0. The first-order chi connectivity index (χ1) is 9.31. The van der Waals surface area contributed by atoms with Gasteiger partial charge in [0.1, 0.15) is 5.03 Å². The van der Waals surface area contributed by atoms with E-state index in [9.17, 15) is 0 Å². The Kier molecular flexibility index (Phi) is 3.80. The first-order valence-corrected chi connectivity index (χ1v) is 7.68. The molecule has 19 heavy (non-hydrogen) atoms. The van der Waals surface area contributed by atoms with Crippen LogP contribution in [0.15, 0.2) is 64.2 Å². The summed E-state index contributed by atoms with van der Waals surface area (Å²) in [5, 5.41) is 0.960. The Hall–Kier alpha value is -1.39. The molecule has 3 aromatic rings. The highest BCUT2D eigenvalue weighted by Crippen LogP contribution is 2.23. The summed E-state index contributed by atoms with van der Waals surface area (Å²) in [4.78, 5) is 9.02. The van der Waals surface area contributed by atoms with Gasteiger partial charge >= 0.3 is 0 Å². The van der Waals surface area contributed by atoms with E-state index >= 15 is 0 Å². The smallest absolute Gasteiger partial charge is 0.115 e. The van der Waals surface area contributed by atoms with E-state index in [0.29, 0.717) is 0 Å². The van der Waals surface area contributed by atoms with E-state index in [1.165, 1.54) is 5.56 Å². The monoisotopic (exact) mass is 330 g/mol. The van der Waals surface area contributed by atoms with Gasteiger partial charge in [-0.05, 0) is 29.8 Å². The molecule has 0 aliphatic carbocycles. The van der Waals surface area contributed by atoms with Crippen LogP contribution >= 0.6 is 27.7 Å². The molecule has 94 valence electrons. The van der Waals surface area contributed by atoms with Crippen molar-refractivity contribution in [3.05, 3.63) is 64.8 Å². The zero-order chi connectivity index (χ0) is 13.1. The third-order valence-corrected chi connectivity index (χ3v) is 4.23. The molecule has 0 aliphatic rings. The normalized spacial score (nSPS) is 10.8. The van der Waals surface area contributed by atoms with Crippen molar-refractivity contribution in [1.29, 1.82) is 0 Å². The van der Waals surface area contributed by atoms with Crippen molar-refractivity contribution >= 4 is 38.7 Å². The van der Waals surface area contributed by atoms with Crippen LogP contribution in [0, 0.1) is 0 Å². The van der Waals surface area contributed by atoms with Crippen LogP contribution in [0.5, 0.6) is 0 Å². The number of hydrogen-bond donors (Lipinski definition) is 0. The molecule has 2 nitrogen and oxygen atoms in total. The lowest BCUT2D eigenvalue weighted by atomic mass is 10.2. The van der Waals surface area contributed by atoms with Crippen molar-refractivity contribution in [3.63, 3.8) is 0 Å². The van der Waals surface area contributed by atoms with Crippen molar-refractivity contribution in [2.24, 2.45) is 0 Å². The molecule has 1 heterocycles. The Labute approximate surface area is 124 Å². The highest BCUT2D eigenvalue weighted by Gasteiger charge is 2.01. The first-order valence-electron chi connectivity index (χ1n) is 5.90. The summed E-state index contributed by atoms with van der Waals surface area (Å²) in [6, 6.07) is 16.3. The first kappa shape index (κ1) is 12.6. The minimum absolute atomic E-state index is 0.903. The number of halogens is 1. The van der Waals surface area contributed by atoms with Gasteiger partial charge in [0.2, 0.25) is 0 Å². The van der Waals surface area contributed by atoms with Crippen LogP contribution < -0.4 is 0 Å². The van der Waals surface area contributed by atoms with Gasteiger partial charge < -0.3 is 0 Å². The molecule has 0 atom stereocenters. The third kappa shape index (κ3) is 3.14. The molecule has 2 aromatic carbocycles. The molecule has 0 saturated carbocycles. The van der Waals surface area contributed by atoms with Crippen LogP contribution in [0.25, 0.3) is 11.0 Å². The maximum absolute atomic E-state index is 4.60. The largest absolute Gasteiger partial charge is 0.252 e. The van der Waals surface area contributed by atoms with E-state index in [4.69, 9.17) is 0 Å². The highest BCUT2D eigenvalue weighted by atomic mass is 79.9. The fourth-order valence-electron chi connectivity index (χ4n) is 1.75. The Morgan fingerprint density at radius 1 is 0.947 bits per heavy atom. The van der Waals surface area contributed by atoms with E-state index < -0.39 is 0 Å². The molecule has 0 aliphatic heterocycles. The van der Waals surface area contributed by atoms with Gasteiger partial charge in [-0.15, -0.1) is 11.8 Å². The van der Waals surface area contributed by atoms with Gasteiger partial charge in [-0.3, -0.25) is 4.98 Å². The van der Waals surface area contributed by atoms with Gasteiger partial charge in [0.15, 0.2) is 0 Å². The van der Waals surface area contributed by atoms with Gasteiger partial charge in [-0.1, -0.05) is 40.2 Å². The van der Waals surface area contributed by atoms with E-state index in [0.717, 1.165) is 26.3 Å². The van der Waals surface area contributed by atoms with Gasteiger partial charge in [0, 0.05) is 10.2 Å². The molecule has 4 heteroatoms. The second kappa shape index (κ2) is 5.72. The predicted molar refractivity (Wildman–Crippen MR) is 83.2 cm³/mol. The zero-order valence-corrected chi connectivity index (χ0v) is 12.5. The quantitative estimate of drug-likeness (QED) is 0.652. The Morgan fingerprint density at radius 2 is 1.68 bits per heavy atom. The van der Waals surface area contributed by atoms with Crippen molar-refractivity contribution < 1.29 is 0 Å². The average Bonchev–Trinajstić information content (AvgIpc) is 2.46. The van der Waals surface area contributed by atoms with Crippen LogP contribution in [0.3, 0.4) is 0 Å². The number of benzene rings is 2. The predicted octanol–water partition coefficient (Wildman–Crippen LogP) is 4.68. The molecule has 0 radical (unpaired) electrons. The minimum atomic E-state index is 0.903. The standard InChI is InChI=1S/C15H11BrN2S/c16-12-7-5-11(6-8-12)10-19-15-9-17-13-3-1-2-4-14(13)18-15/h1-9H,10H2. The maximum atomic E-state index is 4.60. The number of thioether (sulfide) groups is 1. The fourth-order valence-corrected chi connectivity index (χ4v) is 2.81. The molecule has 3 rings (SSSR count). The highest BCUT2D eigenvalue weighted by molar-refractivity contribution is 9.10. The SMILES string of the molecule is Brc1ccc(CSc2cnc3ccccc3n2)cc1. The molecular weight excluding hydrogens is 320 g/mol. The molecule has 0 N–H and O–H groups in total. The average molecular weight is 331 g/mol. The van der Waals surface area contributed by atoms with Gasteiger partial charge in [-0.2, -0.15) is 0 Å². The van der Waals surface area contributed by atoms with Crippen molar-refractivity contribution in [1.82, 2.24) is 9.97 Å². The molecule has 0 spiro atoms. The number of fused-ring (bicyclic) bond motifs is 1. The molecule has 0 amide bonds. The van der Waals surface area contributed by atoms with Crippen molar-refractivity contribution in [2.75, 3.05) is 0 Å². The Balaban J connectivity index is 1.76. The van der Waals surface area contributed by atoms with Gasteiger partial charge in [0.05, 0.1) is 17.2 Å². The van der Waals surface area contributed by atoms with Crippen molar-refractivity contribution in [2.45, 2.75) is 10.8 Å². The topological polar surface area (TPSA) is 25.8 Å². The Bertz CT molecular complexity index is 698. The molecular formula is C15H11BrN2S. The lowest BCUT2D eigenvalue weighted by Gasteiger charge is -2.03. The second-order valence-corrected chi connectivity index (χ2v) is 6.02. The summed E-state index contributed by atoms with van der Waals surface area (Å²) < 4.78 is 1.10. The van der Waals surface area contributed by atoms with E-state index in [-0.39, 0.29) is 0 Å². The molecule has 1 aromatic heterocycles. The van der Waals surface area contributed by atoms with Gasteiger partial charge in [-0.25, -0.2) is 4.98 Å². The molecule has 0 bridgehead atoms. The van der Waals surface area contributed by atoms with Crippen LogP contribution in [0.4, 0.5) is 0 Å². The summed E-state index contributed by atoms with van der Waals surface area (Å²) in [6.07, 6.45) is 1.84. The van der Waals surface area contributed by atoms with Gasteiger partial charge in [0.25, 0.3) is 0 Å². The summed E-state index contributed by atoms with van der Waals surface area (Å²) in [5.41, 5.74) is 3.17. The summed E-state index contributed by atoms with van der Waals surface area (Å²) >= 11 is 5.14. The lowest BCUT2D eigenvalue weighted by Crippen LogP contribution is -1.87. The van der Waals surface area contributed by atoms with E-state index in [2.05, 4.69) is 50.2 Å². The number of para-hydroxylation sites is 2. The lowest BCUT2D eigenvalue weighted by molar-refractivity contribution is 1.12. The zero-order valence-electron chi connectivity index (χ0n) is 10.1. The van der Waals surface area contributed by atoms with E-state index in [1.54, 1.807) is 11.8 Å². The van der Waals surface area contributed by atoms with Crippen LogP contribution in [-0.4, -0.2) is 9.97 Å². The van der Waals surface area contributed by atoms with Crippen LogP contribution in [0.2, 0.25) is 0 Å². The van der Waals surface area contributed by atoms with E-state index in [1.807, 2.05) is 30.5 Å². The number of aromatic nitrogens is 2. The minimum Gasteiger partial charge on any atom is -0.252 e. The molecule has 0 fully saturated rings. The molecule has 0 saturated heterocycles. The Morgan fingerprint density at radius 3 is 2.47 bits per heavy atom. The number of hydrogen-bond acceptors (Lipinski definition) is 3. The fraction of sp³-hybridized carbons (Fsp3) is 0.0667. The number of rotatable bonds is 3. The van der Waals surface area contributed by atoms with Crippen LogP contribution in [0.1, 0.15) is 5.56 Å². The van der Waals surface area contributed by atoms with Crippen molar-refractivity contribution in [3.8, 4) is 0 Å². The maximum Gasteiger partial charge on any atom is 0.115 e. The summed E-state index contributed by atoms with van der Waals surface area (Å²) in [5.74, 6) is 0.903. The second-order valence-electron chi connectivity index (χ2n) is 4.11. The third-order valence-electron chi connectivity index (χ3n) is 2.73. The number of nitrogens with zero attached hydrogens (tertiary/aromatic N) is 2. The summed E-state index contributed by atoms with van der Waals surface area (Å²) in [7, 11) is 0. The van der Waals surface area contributed by atoms with Crippen LogP contribution in [-0.2, 0) is 5.75 Å². The molecule has 0 unspecified atom stereocenters.